The predicted molar refractivity (Wildman–Crippen MR) is 126 cm³/mol. The van der Waals surface area contributed by atoms with Gasteiger partial charge in [-0.25, -0.2) is 4.79 Å². The van der Waals surface area contributed by atoms with Gasteiger partial charge in [0.15, 0.2) is 4.34 Å². The molecule has 2 N–H and O–H groups in total. The van der Waals surface area contributed by atoms with E-state index < -0.39 is 5.97 Å². The van der Waals surface area contributed by atoms with Gasteiger partial charge in [0.1, 0.15) is 5.00 Å². The molecule has 1 aliphatic heterocycles. The van der Waals surface area contributed by atoms with Gasteiger partial charge in [-0.05, 0) is 43.0 Å². The molecule has 11 heteroatoms. The van der Waals surface area contributed by atoms with Gasteiger partial charge in [0.25, 0.3) is 0 Å². The minimum atomic E-state index is -0.395. The number of nitrogens with zero attached hydrogens (tertiary/aromatic N) is 2. The number of esters is 1. The first-order chi connectivity index (χ1) is 15.0. The number of aromatic nitrogens is 2. The fourth-order valence-electron chi connectivity index (χ4n) is 3.14. The van der Waals surface area contributed by atoms with E-state index in [-0.39, 0.29) is 17.8 Å². The number of anilines is 2. The SMILES string of the molecule is CCOC(=O)c1c(CC(C)C)csc1NC(=O)CSc1nnc(NCC2CCCO2)s1. The lowest BCUT2D eigenvalue weighted by Gasteiger charge is -2.09. The molecule has 0 saturated carbocycles. The quantitative estimate of drug-likeness (QED) is 0.360. The Balaban J connectivity index is 1.53. The number of rotatable bonds is 11. The summed E-state index contributed by atoms with van der Waals surface area (Å²) in [5.74, 6) is -0.0200. The van der Waals surface area contributed by atoms with E-state index in [9.17, 15) is 9.59 Å². The van der Waals surface area contributed by atoms with Crippen LogP contribution in [0.25, 0.3) is 0 Å². The van der Waals surface area contributed by atoms with Crippen LogP contribution in [0.1, 0.15) is 49.5 Å². The minimum absolute atomic E-state index is 0.181. The van der Waals surface area contributed by atoms with Crippen LogP contribution in [-0.2, 0) is 20.7 Å². The average Bonchev–Trinajstić information content (AvgIpc) is 3.46. The Morgan fingerprint density at radius 3 is 2.94 bits per heavy atom. The molecule has 3 rings (SSSR count). The van der Waals surface area contributed by atoms with Crippen molar-refractivity contribution >= 4 is 56.4 Å². The molecule has 170 valence electrons. The Morgan fingerprint density at radius 2 is 2.23 bits per heavy atom. The maximum Gasteiger partial charge on any atom is 0.341 e. The molecule has 1 atom stereocenters. The van der Waals surface area contributed by atoms with E-state index in [1.54, 1.807) is 6.92 Å². The highest BCUT2D eigenvalue weighted by molar-refractivity contribution is 8.01. The zero-order valence-electron chi connectivity index (χ0n) is 17.9. The fourth-order valence-corrected chi connectivity index (χ4v) is 5.68. The van der Waals surface area contributed by atoms with Crippen LogP contribution in [0, 0.1) is 5.92 Å². The van der Waals surface area contributed by atoms with Gasteiger partial charge in [-0.1, -0.05) is 36.9 Å². The molecule has 0 aliphatic carbocycles. The van der Waals surface area contributed by atoms with Gasteiger partial charge < -0.3 is 20.1 Å². The van der Waals surface area contributed by atoms with Crippen LogP contribution < -0.4 is 10.6 Å². The largest absolute Gasteiger partial charge is 0.462 e. The molecule has 8 nitrogen and oxygen atoms in total. The van der Waals surface area contributed by atoms with Crippen molar-refractivity contribution in [1.82, 2.24) is 10.2 Å². The van der Waals surface area contributed by atoms with Gasteiger partial charge in [-0.2, -0.15) is 0 Å². The summed E-state index contributed by atoms with van der Waals surface area (Å²) in [7, 11) is 0. The molecule has 3 heterocycles. The third-order valence-electron chi connectivity index (χ3n) is 4.47. The van der Waals surface area contributed by atoms with Crippen LogP contribution in [0.5, 0.6) is 0 Å². The van der Waals surface area contributed by atoms with Gasteiger partial charge >= 0.3 is 5.97 Å². The van der Waals surface area contributed by atoms with Crippen LogP contribution in [0.3, 0.4) is 0 Å². The molecule has 0 bridgehead atoms. The molecular weight excluding hydrogens is 456 g/mol. The second kappa shape index (κ2) is 11.8. The number of nitrogens with one attached hydrogen (secondary N) is 2. The van der Waals surface area contributed by atoms with Crippen molar-refractivity contribution < 1.29 is 19.1 Å². The van der Waals surface area contributed by atoms with Crippen molar-refractivity contribution in [1.29, 1.82) is 0 Å². The second-order valence-corrected chi connectivity index (χ2v) is 10.6. The minimum Gasteiger partial charge on any atom is -0.462 e. The molecule has 31 heavy (non-hydrogen) atoms. The van der Waals surface area contributed by atoms with Crippen molar-refractivity contribution in [2.75, 3.05) is 36.1 Å². The van der Waals surface area contributed by atoms with Gasteiger partial charge in [0, 0.05) is 13.2 Å². The first-order valence-corrected chi connectivity index (χ1v) is 13.0. The molecule has 0 radical (unpaired) electrons. The summed E-state index contributed by atoms with van der Waals surface area (Å²) < 4.78 is 11.5. The average molecular weight is 485 g/mol. The first-order valence-electron chi connectivity index (χ1n) is 10.3. The smallest absolute Gasteiger partial charge is 0.341 e. The van der Waals surface area contributed by atoms with Crippen LogP contribution in [0.4, 0.5) is 10.1 Å². The maximum atomic E-state index is 12.5. The van der Waals surface area contributed by atoms with E-state index >= 15 is 0 Å². The van der Waals surface area contributed by atoms with Gasteiger partial charge in [-0.15, -0.1) is 21.5 Å². The predicted octanol–water partition coefficient (Wildman–Crippen LogP) is 4.30. The van der Waals surface area contributed by atoms with Gasteiger partial charge in [0.2, 0.25) is 11.0 Å². The highest BCUT2D eigenvalue weighted by Gasteiger charge is 2.22. The number of amides is 1. The van der Waals surface area contributed by atoms with E-state index in [0.29, 0.717) is 34.0 Å². The van der Waals surface area contributed by atoms with Crippen molar-refractivity contribution in [2.24, 2.45) is 5.92 Å². The number of thioether (sulfide) groups is 1. The zero-order chi connectivity index (χ0) is 22.2. The number of carbonyl (C=O) groups excluding carboxylic acids is 2. The number of thiophene rings is 1. The second-order valence-electron chi connectivity index (χ2n) is 7.51. The maximum absolute atomic E-state index is 12.5. The van der Waals surface area contributed by atoms with Gasteiger partial charge in [0.05, 0.1) is 24.0 Å². The number of hydrogen-bond acceptors (Lipinski definition) is 10. The van der Waals surface area contributed by atoms with E-state index in [0.717, 1.165) is 36.6 Å². The van der Waals surface area contributed by atoms with E-state index in [1.165, 1.54) is 34.4 Å². The lowest BCUT2D eigenvalue weighted by atomic mass is 10.0. The first kappa shape index (κ1) is 24.0. The van der Waals surface area contributed by atoms with Crippen molar-refractivity contribution in [2.45, 2.75) is 50.5 Å². The summed E-state index contributed by atoms with van der Waals surface area (Å²) in [5.41, 5.74) is 1.38. The third-order valence-corrected chi connectivity index (χ3v) is 7.42. The molecule has 2 aromatic heterocycles. The van der Waals surface area contributed by atoms with Crippen LogP contribution in [0.15, 0.2) is 9.72 Å². The molecule has 1 aliphatic rings. The third kappa shape index (κ3) is 7.16. The van der Waals surface area contributed by atoms with E-state index in [4.69, 9.17) is 9.47 Å². The highest BCUT2D eigenvalue weighted by atomic mass is 32.2. The lowest BCUT2D eigenvalue weighted by molar-refractivity contribution is -0.113. The Hall–Kier alpha value is -1.69. The molecular formula is C20H28N4O4S3. The summed E-state index contributed by atoms with van der Waals surface area (Å²) >= 11 is 4.09. The van der Waals surface area contributed by atoms with Crippen LogP contribution >= 0.6 is 34.4 Å². The normalized spacial score (nSPS) is 15.9. The summed E-state index contributed by atoms with van der Waals surface area (Å²) in [4.78, 5) is 24.9. The molecule has 0 aromatic carbocycles. The summed E-state index contributed by atoms with van der Waals surface area (Å²) in [6.07, 6.45) is 3.13. The summed E-state index contributed by atoms with van der Waals surface area (Å²) in [6, 6.07) is 0. The molecule has 0 spiro atoms. The number of carbonyl (C=O) groups is 2. The Bertz CT molecular complexity index is 878. The number of hydrogen-bond donors (Lipinski definition) is 2. The molecule has 1 saturated heterocycles. The zero-order valence-corrected chi connectivity index (χ0v) is 20.4. The van der Waals surface area contributed by atoms with Gasteiger partial charge in [-0.3, -0.25) is 4.79 Å². The fraction of sp³-hybridized carbons (Fsp3) is 0.600. The van der Waals surface area contributed by atoms with Crippen molar-refractivity contribution in [3.05, 3.63) is 16.5 Å². The van der Waals surface area contributed by atoms with Crippen LogP contribution in [-0.4, -0.2) is 53.7 Å². The molecule has 1 fully saturated rings. The van der Waals surface area contributed by atoms with Crippen LogP contribution in [0.2, 0.25) is 0 Å². The summed E-state index contributed by atoms with van der Waals surface area (Å²) in [6.45, 7) is 7.78. The van der Waals surface area contributed by atoms with E-state index in [1.807, 2.05) is 5.38 Å². The number of ether oxygens (including phenoxy) is 2. The van der Waals surface area contributed by atoms with Crippen molar-refractivity contribution in [3.8, 4) is 0 Å². The standard InChI is InChI=1S/C20H28N4O4S3/c1-4-27-18(26)16-13(8-12(2)3)10-29-17(16)22-15(25)11-30-20-24-23-19(31-20)21-9-14-6-5-7-28-14/h10,12,14H,4-9,11H2,1-3H3,(H,21,23)(H,22,25). The van der Waals surface area contributed by atoms with E-state index in [2.05, 4.69) is 34.7 Å². The topological polar surface area (TPSA) is 102 Å². The Kier molecular flexibility index (Phi) is 9.12. The highest BCUT2D eigenvalue weighted by Crippen LogP contribution is 2.32. The Morgan fingerprint density at radius 1 is 1.39 bits per heavy atom. The summed E-state index contributed by atoms with van der Waals surface area (Å²) in [5, 5.41) is 17.5. The lowest BCUT2D eigenvalue weighted by Crippen LogP contribution is -2.18. The molecule has 2 aromatic rings. The Labute approximate surface area is 194 Å². The monoisotopic (exact) mass is 484 g/mol. The van der Waals surface area contributed by atoms with Crippen molar-refractivity contribution in [3.63, 3.8) is 0 Å². The molecule has 1 unspecified atom stereocenters. The molecule has 1 amide bonds.